The van der Waals surface area contributed by atoms with E-state index in [1.54, 1.807) is 13.0 Å². The topological polar surface area (TPSA) is 36.7 Å². The van der Waals surface area contributed by atoms with Crippen LogP contribution in [0.2, 0.25) is 0 Å². The molecule has 2 unspecified atom stereocenters. The van der Waals surface area contributed by atoms with Gasteiger partial charge in [0.15, 0.2) is 17.4 Å². The van der Waals surface area contributed by atoms with Gasteiger partial charge in [0.05, 0.1) is 0 Å². The lowest BCUT2D eigenvalue weighted by atomic mass is 10.1. The van der Waals surface area contributed by atoms with E-state index in [0.29, 0.717) is 17.8 Å². The number of nitrogens with zero attached hydrogens (tertiary/aromatic N) is 2. The van der Waals surface area contributed by atoms with E-state index in [2.05, 4.69) is 16.7 Å². The van der Waals surface area contributed by atoms with Crippen molar-refractivity contribution in [3.8, 4) is 0 Å². The zero-order valence-corrected chi connectivity index (χ0v) is 11.1. The Bertz CT molecular complexity index is 454. The Balaban J connectivity index is 1.80. The van der Waals surface area contributed by atoms with Crippen LogP contribution >= 0.6 is 0 Å². The van der Waals surface area contributed by atoms with Crippen molar-refractivity contribution in [2.75, 3.05) is 24.5 Å². The normalized spacial score (nSPS) is 28.4. The lowest BCUT2D eigenvalue weighted by Crippen LogP contribution is -2.55. The van der Waals surface area contributed by atoms with E-state index >= 15 is 0 Å². The van der Waals surface area contributed by atoms with E-state index in [9.17, 15) is 4.79 Å². The molecular formula is C14H20N2O2. The van der Waals surface area contributed by atoms with Gasteiger partial charge in [-0.3, -0.25) is 9.69 Å². The number of carbonyl (C=O) groups excluding carboxylic acids is 1. The van der Waals surface area contributed by atoms with Crippen LogP contribution in [0.1, 0.15) is 37.2 Å². The molecule has 2 aliphatic rings. The van der Waals surface area contributed by atoms with Crippen molar-refractivity contribution in [1.29, 1.82) is 0 Å². The number of anilines is 1. The monoisotopic (exact) mass is 248 g/mol. The van der Waals surface area contributed by atoms with Crippen molar-refractivity contribution in [2.24, 2.45) is 0 Å². The summed E-state index contributed by atoms with van der Waals surface area (Å²) >= 11 is 0. The van der Waals surface area contributed by atoms with Crippen molar-refractivity contribution in [3.63, 3.8) is 0 Å². The molecular weight excluding hydrogens is 228 g/mol. The first-order valence-electron chi connectivity index (χ1n) is 6.76. The smallest absolute Gasteiger partial charge is 0.196 e. The zero-order valence-electron chi connectivity index (χ0n) is 11.1. The van der Waals surface area contributed by atoms with E-state index in [1.165, 1.54) is 19.4 Å². The summed E-state index contributed by atoms with van der Waals surface area (Å²) in [5, 5.41) is 0. The van der Waals surface area contributed by atoms with Crippen molar-refractivity contribution in [1.82, 2.24) is 4.90 Å². The summed E-state index contributed by atoms with van der Waals surface area (Å²) in [5.74, 6) is 1.30. The molecule has 0 aromatic carbocycles. The van der Waals surface area contributed by atoms with Crippen LogP contribution in [0.3, 0.4) is 0 Å². The molecule has 0 spiro atoms. The number of rotatable bonds is 2. The lowest BCUT2D eigenvalue weighted by Gasteiger charge is -2.42. The summed E-state index contributed by atoms with van der Waals surface area (Å²) in [5.41, 5.74) is 0. The lowest BCUT2D eigenvalue weighted by molar-refractivity contribution is 0.0987. The van der Waals surface area contributed by atoms with Gasteiger partial charge in [-0.2, -0.15) is 0 Å². The average molecular weight is 248 g/mol. The summed E-state index contributed by atoms with van der Waals surface area (Å²) in [4.78, 5) is 16.2. The highest BCUT2D eigenvalue weighted by Gasteiger charge is 2.35. The molecule has 3 rings (SSSR count). The zero-order chi connectivity index (χ0) is 12.7. The van der Waals surface area contributed by atoms with Crippen LogP contribution in [0.5, 0.6) is 0 Å². The van der Waals surface area contributed by atoms with Gasteiger partial charge < -0.3 is 9.32 Å². The number of piperazine rings is 1. The Labute approximate surface area is 108 Å². The molecule has 2 atom stereocenters. The van der Waals surface area contributed by atoms with Gasteiger partial charge in [0.25, 0.3) is 0 Å². The third kappa shape index (κ3) is 1.94. The average Bonchev–Trinajstić information content (AvgIpc) is 2.94. The maximum Gasteiger partial charge on any atom is 0.196 e. The van der Waals surface area contributed by atoms with Gasteiger partial charge in [0, 0.05) is 38.2 Å². The summed E-state index contributed by atoms with van der Waals surface area (Å²) in [7, 11) is 0. The quantitative estimate of drug-likeness (QED) is 0.751. The predicted molar refractivity (Wildman–Crippen MR) is 70.1 cm³/mol. The van der Waals surface area contributed by atoms with Crippen molar-refractivity contribution >= 4 is 11.7 Å². The Morgan fingerprint density at radius 1 is 1.39 bits per heavy atom. The Morgan fingerprint density at radius 2 is 2.22 bits per heavy atom. The fourth-order valence-electron chi connectivity index (χ4n) is 3.17. The van der Waals surface area contributed by atoms with Crippen LogP contribution in [0.15, 0.2) is 16.5 Å². The van der Waals surface area contributed by atoms with Crippen molar-refractivity contribution in [2.45, 2.75) is 38.8 Å². The molecule has 2 fully saturated rings. The van der Waals surface area contributed by atoms with Crippen LogP contribution in [-0.2, 0) is 0 Å². The van der Waals surface area contributed by atoms with Crippen LogP contribution in [0.25, 0.3) is 0 Å². The van der Waals surface area contributed by atoms with Gasteiger partial charge in [0.2, 0.25) is 0 Å². The molecule has 0 amide bonds. The summed E-state index contributed by atoms with van der Waals surface area (Å²) in [6, 6.07) is 4.82. The first kappa shape index (κ1) is 11.8. The second-order valence-electron chi connectivity index (χ2n) is 5.49. The molecule has 4 nitrogen and oxygen atoms in total. The minimum Gasteiger partial charge on any atom is -0.437 e. The number of Topliss-reactive ketones (excluding diaryl/α,β-unsaturated/α-hetero) is 1. The van der Waals surface area contributed by atoms with Gasteiger partial charge in [-0.25, -0.2) is 0 Å². The SMILES string of the molecule is CC(=O)c1ccc(N2CC3CCCN3CC2C)o1. The number of carbonyl (C=O) groups is 1. The molecule has 1 aromatic rings. The fraction of sp³-hybridized carbons (Fsp3) is 0.643. The highest BCUT2D eigenvalue weighted by Crippen LogP contribution is 2.29. The van der Waals surface area contributed by atoms with E-state index in [1.807, 2.05) is 6.07 Å². The standard InChI is InChI=1S/C14H20N2O2/c1-10-8-15-7-3-4-12(15)9-16(10)14-6-5-13(18-14)11(2)17/h5-6,10,12H,3-4,7-9H2,1-2H3. The molecule has 1 aromatic heterocycles. The molecule has 0 radical (unpaired) electrons. The fourth-order valence-corrected chi connectivity index (χ4v) is 3.17. The molecule has 2 aliphatic heterocycles. The molecule has 0 saturated carbocycles. The molecule has 0 aliphatic carbocycles. The molecule has 3 heterocycles. The molecule has 0 bridgehead atoms. The minimum atomic E-state index is -0.00611. The first-order chi connectivity index (χ1) is 8.65. The number of furan rings is 1. The molecule has 18 heavy (non-hydrogen) atoms. The Morgan fingerprint density at radius 3 is 2.94 bits per heavy atom. The van der Waals surface area contributed by atoms with Crippen LogP contribution in [0, 0.1) is 0 Å². The van der Waals surface area contributed by atoms with E-state index < -0.39 is 0 Å². The number of ketones is 1. The highest BCUT2D eigenvalue weighted by atomic mass is 16.4. The molecule has 2 saturated heterocycles. The largest absolute Gasteiger partial charge is 0.437 e. The number of fused-ring (bicyclic) bond motifs is 1. The molecule has 0 N–H and O–H groups in total. The summed E-state index contributed by atoms with van der Waals surface area (Å²) in [6.07, 6.45) is 2.59. The van der Waals surface area contributed by atoms with Gasteiger partial charge in [-0.05, 0) is 32.4 Å². The van der Waals surface area contributed by atoms with Crippen molar-refractivity contribution in [3.05, 3.63) is 17.9 Å². The molecule has 4 heteroatoms. The Kier molecular flexibility index (Phi) is 2.90. The number of hydrogen-bond donors (Lipinski definition) is 0. The van der Waals surface area contributed by atoms with Crippen LogP contribution < -0.4 is 4.90 Å². The third-order valence-electron chi connectivity index (χ3n) is 4.16. The van der Waals surface area contributed by atoms with Crippen molar-refractivity contribution < 1.29 is 9.21 Å². The Hall–Kier alpha value is -1.29. The summed E-state index contributed by atoms with van der Waals surface area (Å²) in [6.45, 7) is 7.12. The van der Waals surface area contributed by atoms with Gasteiger partial charge >= 0.3 is 0 Å². The van der Waals surface area contributed by atoms with E-state index in [0.717, 1.165) is 19.0 Å². The molecule has 98 valence electrons. The van der Waals surface area contributed by atoms with Gasteiger partial charge in [-0.1, -0.05) is 0 Å². The maximum atomic E-state index is 11.3. The van der Waals surface area contributed by atoms with E-state index in [4.69, 9.17) is 4.42 Å². The van der Waals surface area contributed by atoms with Gasteiger partial charge in [-0.15, -0.1) is 0 Å². The minimum absolute atomic E-state index is 0.00611. The highest BCUT2D eigenvalue weighted by molar-refractivity contribution is 5.91. The third-order valence-corrected chi connectivity index (χ3v) is 4.16. The summed E-state index contributed by atoms with van der Waals surface area (Å²) < 4.78 is 5.66. The van der Waals surface area contributed by atoms with Crippen LogP contribution in [-0.4, -0.2) is 42.4 Å². The van der Waals surface area contributed by atoms with Gasteiger partial charge in [0.1, 0.15) is 0 Å². The maximum absolute atomic E-state index is 11.3. The first-order valence-corrected chi connectivity index (χ1v) is 6.76. The second-order valence-corrected chi connectivity index (χ2v) is 5.49. The second kappa shape index (κ2) is 4.43. The predicted octanol–water partition coefficient (Wildman–Crippen LogP) is 2.16. The van der Waals surface area contributed by atoms with E-state index in [-0.39, 0.29) is 5.78 Å². The van der Waals surface area contributed by atoms with Crippen LogP contribution in [0.4, 0.5) is 5.88 Å². The number of hydrogen-bond acceptors (Lipinski definition) is 4.